The van der Waals surface area contributed by atoms with Gasteiger partial charge in [0.25, 0.3) is 0 Å². The molecule has 0 spiro atoms. The number of H-pyrrole nitrogens is 1. The van der Waals surface area contributed by atoms with Gasteiger partial charge < -0.3 is 58.1 Å². The van der Waals surface area contributed by atoms with E-state index in [0.717, 1.165) is 32.5 Å². The predicted molar refractivity (Wildman–Crippen MR) is 214 cm³/mol. The van der Waals surface area contributed by atoms with Gasteiger partial charge in [-0.1, -0.05) is 53.6 Å². The van der Waals surface area contributed by atoms with E-state index in [1.165, 1.54) is 13.8 Å². The Morgan fingerprint density at radius 3 is 2.10 bits per heavy atom. The van der Waals surface area contributed by atoms with E-state index in [1.54, 1.807) is 19.9 Å². The zero-order valence-corrected chi connectivity index (χ0v) is 34.1. The summed E-state index contributed by atoms with van der Waals surface area (Å²) in [6.07, 6.45) is -1.01. The van der Waals surface area contributed by atoms with Gasteiger partial charge in [0.1, 0.15) is 42.3 Å². The Bertz CT molecular complexity index is 1810. The van der Waals surface area contributed by atoms with Crippen molar-refractivity contribution in [2.75, 3.05) is 18.1 Å². The van der Waals surface area contributed by atoms with Crippen molar-refractivity contribution in [1.82, 2.24) is 42.2 Å². The third kappa shape index (κ3) is 14.9. The lowest BCUT2D eigenvalue weighted by Crippen LogP contribution is -2.61. The van der Waals surface area contributed by atoms with Gasteiger partial charge in [0.2, 0.25) is 47.3 Å². The lowest BCUT2D eigenvalue weighted by atomic mass is 10.0. The third-order valence-electron chi connectivity index (χ3n) is 8.74. The standard InChI is InChI=1S/C36H51N9O11S2/c1-17(2)11-25-33(53)45-28(35(55)41-24(30(37)50)13-21-12-20-7-5-6-8-22(20)39-21)16-58-57-15-27(44-31(51)18(3)38-19(4)47)36(56)43-26(14-46)34(54)40-23(32(52)42-25)9-10-29(48)49/h5-8,12,17-18,23-28,39,46H,9-11,13-16H2,1-4H3,(H2,37,50)(H,38,47)(H,40,54)(H,41,55)(H,42,52)(H,43,56)(H,44,51)(H,45,53)(H,48,49)/t18-,23-,24-,25-,26-,27-,28-/m0/s1. The molecule has 1 aliphatic rings. The number of nitrogens with two attached hydrogens (primary N) is 1. The molecule has 22 heteroatoms. The number of rotatable bonds is 14. The zero-order chi connectivity index (χ0) is 43.1. The number of primary amides is 1. The largest absolute Gasteiger partial charge is 0.481 e. The summed E-state index contributed by atoms with van der Waals surface area (Å²) in [6, 6.07) is -0.414. The SMILES string of the molecule is CC(=O)N[C@@H](C)C(=O)N[C@H]1CSSC[C@@H](C(=O)N[C@@H](Cc2cc3ccccc3[nH]2)C(N)=O)NC(=O)[C@H](CC(C)C)NC(=O)[C@H](CCC(=O)O)NC(=O)[C@H](CO)NC1=O. The number of aliphatic hydroxyl groups excluding tert-OH is 1. The number of para-hydroxylation sites is 1. The number of amides is 8. The van der Waals surface area contributed by atoms with E-state index in [-0.39, 0.29) is 30.3 Å². The van der Waals surface area contributed by atoms with Crippen molar-refractivity contribution in [2.24, 2.45) is 11.7 Å². The maximum Gasteiger partial charge on any atom is 0.303 e. The fourth-order valence-corrected chi connectivity index (χ4v) is 8.07. The number of hydrogen-bond donors (Lipinski definition) is 11. The van der Waals surface area contributed by atoms with Crippen LogP contribution in [-0.4, -0.2) is 129 Å². The van der Waals surface area contributed by atoms with Gasteiger partial charge in [0, 0.05) is 42.5 Å². The summed E-state index contributed by atoms with van der Waals surface area (Å²) < 4.78 is 0. The molecule has 3 rings (SSSR count). The number of carbonyl (C=O) groups is 9. The van der Waals surface area contributed by atoms with Crippen LogP contribution in [0.3, 0.4) is 0 Å². The Kier molecular flexibility index (Phi) is 18.3. The van der Waals surface area contributed by atoms with Gasteiger partial charge in [-0.2, -0.15) is 0 Å². The Morgan fingerprint density at radius 2 is 1.48 bits per heavy atom. The van der Waals surface area contributed by atoms with Gasteiger partial charge in [-0.05, 0) is 43.2 Å². The topological polar surface area (TPSA) is 320 Å². The molecule has 1 aromatic carbocycles. The molecule has 2 heterocycles. The summed E-state index contributed by atoms with van der Waals surface area (Å²) in [4.78, 5) is 120. The zero-order valence-electron chi connectivity index (χ0n) is 32.4. The maximum absolute atomic E-state index is 13.9. The first-order chi connectivity index (χ1) is 27.4. The molecule has 7 atom stereocenters. The first-order valence-electron chi connectivity index (χ1n) is 18.4. The van der Waals surface area contributed by atoms with E-state index in [1.807, 2.05) is 24.3 Å². The Morgan fingerprint density at radius 1 is 0.862 bits per heavy atom. The molecule has 12 N–H and O–H groups in total. The van der Waals surface area contributed by atoms with Gasteiger partial charge in [-0.25, -0.2) is 0 Å². The van der Waals surface area contributed by atoms with Crippen molar-refractivity contribution in [1.29, 1.82) is 0 Å². The van der Waals surface area contributed by atoms with Gasteiger partial charge in [-0.15, -0.1) is 0 Å². The molecule has 318 valence electrons. The molecule has 0 radical (unpaired) electrons. The van der Waals surface area contributed by atoms with E-state index >= 15 is 0 Å². The summed E-state index contributed by atoms with van der Waals surface area (Å²) in [6.45, 7) is 5.14. The van der Waals surface area contributed by atoms with Crippen molar-refractivity contribution >= 4 is 85.7 Å². The van der Waals surface area contributed by atoms with Crippen LogP contribution < -0.4 is 43.0 Å². The molecule has 1 aliphatic heterocycles. The highest BCUT2D eigenvalue weighted by atomic mass is 33.1. The number of hydrogen-bond acceptors (Lipinski definition) is 12. The Hall–Kier alpha value is -5.35. The monoisotopic (exact) mass is 849 g/mol. The highest BCUT2D eigenvalue weighted by molar-refractivity contribution is 8.76. The Balaban J connectivity index is 1.98. The fraction of sp³-hybridized carbons (Fsp3) is 0.528. The minimum atomic E-state index is -1.67. The molecular formula is C36H51N9O11S2. The van der Waals surface area contributed by atoms with Crippen molar-refractivity contribution in [3.8, 4) is 0 Å². The first-order valence-corrected chi connectivity index (χ1v) is 20.9. The lowest BCUT2D eigenvalue weighted by molar-refractivity contribution is -0.139. The van der Waals surface area contributed by atoms with E-state index in [4.69, 9.17) is 5.73 Å². The number of carboxylic acid groups (broad SMARTS) is 1. The minimum absolute atomic E-state index is 0.0178. The van der Waals surface area contributed by atoms with Crippen LogP contribution in [0.1, 0.15) is 52.7 Å². The normalized spacial score (nSPS) is 22.3. The quantitative estimate of drug-likeness (QED) is 0.0912. The molecular weight excluding hydrogens is 799 g/mol. The highest BCUT2D eigenvalue weighted by Gasteiger charge is 2.35. The molecule has 8 amide bonds. The van der Waals surface area contributed by atoms with E-state index in [0.29, 0.717) is 5.69 Å². The molecule has 0 bridgehead atoms. The van der Waals surface area contributed by atoms with Gasteiger partial charge in [0.05, 0.1) is 6.61 Å². The van der Waals surface area contributed by atoms with Crippen LogP contribution >= 0.6 is 21.6 Å². The third-order valence-corrected chi connectivity index (χ3v) is 11.2. The number of benzene rings is 1. The van der Waals surface area contributed by atoms with Crippen molar-refractivity contribution in [3.63, 3.8) is 0 Å². The van der Waals surface area contributed by atoms with Gasteiger partial charge in [0.15, 0.2) is 0 Å². The second-order valence-corrected chi connectivity index (χ2v) is 16.6. The van der Waals surface area contributed by atoms with Crippen LogP contribution in [0.15, 0.2) is 30.3 Å². The van der Waals surface area contributed by atoms with Crippen LogP contribution in [0.5, 0.6) is 0 Å². The van der Waals surface area contributed by atoms with Crippen molar-refractivity contribution < 1.29 is 53.4 Å². The number of nitrogens with one attached hydrogen (secondary N) is 8. The predicted octanol–water partition coefficient (Wildman–Crippen LogP) is -2.07. The van der Waals surface area contributed by atoms with Crippen LogP contribution in [0.2, 0.25) is 0 Å². The maximum atomic E-state index is 13.9. The smallest absolute Gasteiger partial charge is 0.303 e. The molecule has 1 fully saturated rings. The highest BCUT2D eigenvalue weighted by Crippen LogP contribution is 2.24. The molecule has 2 aromatic rings. The summed E-state index contributed by atoms with van der Waals surface area (Å²) in [5.74, 6) is -8.60. The molecule has 20 nitrogen and oxygen atoms in total. The van der Waals surface area contributed by atoms with E-state index in [9.17, 15) is 53.4 Å². The van der Waals surface area contributed by atoms with Crippen LogP contribution in [0, 0.1) is 5.92 Å². The van der Waals surface area contributed by atoms with Gasteiger partial charge in [-0.3, -0.25) is 43.2 Å². The fourth-order valence-electron chi connectivity index (χ4n) is 5.75. The number of aromatic nitrogens is 1. The number of fused-ring (bicyclic) bond motifs is 1. The molecule has 0 unspecified atom stereocenters. The van der Waals surface area contributed by atoms with Crippen molar-refractivity contribution in [2.45, 2.75) is 95.7 Å². The molecule has 1 aromatic heterocycles. The van der Waals surface area contributed by atoms with Gasteiger partial charge >= 0.3 is 5.97 Å². The minimum Gasteiger partial charge on any atom is -0.481 e. The number of carboxylic acids is 1. The second-order valence-electron chi connectivity index (χ2n) is 14.1. The average Bonchev–Trinajstić information content (AvgIpc) is 3.56. The van der Waals surface area contributed by atoms with Crippen molar-refractivity contribution in [3.05, 3.63) is 36.0 Å². The summed E-state index contributed by atoms with van der Waals surface area (Å²) in [7, 11) is 2.00. The number of aliphatic carboxylic acids is 1. The first kappa shape index (κ1) is 47.0. The number of aromatic amines is 1. The Labute approximate surface area is 341 Å². The summed E-state index contributed by atoms with van der Waals surface area (Å²) in [5, 5.41) is 37.6. The number of aliphatic hydroxyl groups is 1. The average molecular weight is 850 g/mol. The molecule has 58 heavy (non-hydrogen) atoms. The summed E-state index contributed by atoms with van der Waals surface area (Å²) >= 11 is 0. The molecule has 0 aliphatic carbocycles. The lowest BCUT2D eigenvalue weighted by Gasteiger charge is -2.27. The van der Waals surface area contributed by atoms with E-state index in [2.05, 4.69) is 42.2 Å². The van der Waals surface area contributed by atoms with E-state index < -0.39 is 115 Å². The molecule has 0 saturated carbocycles. The van der Waals surface area contributed by atoms with Crippen LogP contribution in [0.25, 0.3) is 10.9 Å². The van der Waals surface area contributed by atoms with Crippen LogP contribution in [0.4, 0.5) is 0 Å². The number of carbonyl (C=O) groups excluding carboxylic acids is 8. The molecule has 1 saturated heterocycles. The second kappa shape index (κ2) is 22.6. The van der Waals surface area contributed by atoms with Crippen LogP contribution in [-0.2, 0) is 49.6 Å². The summed E-state index contributed by atoms with van der Waals surface area (Å²) in [5.41, 5.74) is 7.09.